The topological polar surface area (TPSA) is 12.0 Å². The van der Waals surface area contributed by atoms with Gasteiger partial charge in [-0.1, -0.05) is 0 Å². The summed E-state index contributed by atoms with van der Waals surface area (Å²) in [6.07, 6.45) is 1.23. The molecule has 1 aliphatic rings. The van der Waals surface area contributed by atoms with Crippen LogP contribution in [0.4, 0.5) is 0 Å². The van der Waals surface area contributed by atoms with Gasteiger partial charge in [-0.3, -0.25) is 0 Å². The summed E-state index contributed by atoms with van der Waals surface area (Å²) < 4.78 is 3.29. The third-order valence-corrected chi connectivity index (χ3v) is 5.38. The predicted octanol–water partition coefficient (Wildman–Crippen LogP) is 1.85. The summed E-state index contributed by atoms with van der Waals surface area (Å²) >= 11 is 0.601. The van der Waals surface area contributed by atoms with Crippen molar-refractivity contribution >= 4 is 24.1 Å². The van der Waals surface area contributed by atoms with Gasteiger partial charge in [0.25, 0.3) is 0 Å². The second kappa shape index (κ2) is 3.23. The van der Waals surface area contributed by atoms with Crippen molar-refractivity contribution in [2.45, 2.75) is 19.9 Å². The molecule has 2 heterocycles. The van der Waals surface area contributed by atoms with Crippen LogP contribution in [0.3, 0.4) is 0 Å². The van der Waals surface area contributed by atoms with Crippen LogP contribution in [-0.2, 0) is 13.0 Å². The summed E-state index contributed by atoms with van der Waals surface area (Å²) in [5, 5.41) is 5.01. The number of benzene rings is 1. The molecule has 0 spiro atoms. The molecule has 1 aromatic carbocycles. The van der Waals surface area contributed by atoms with E-state index >= 15 is 0 Å². The molecule has 0 amide bonds. The van der Waals surface area contributed by atoms with Gasteiger partial charge in [0.2, 0.25) is 0 Å². The fraction of sp³-hybridized carbons (Fsp3) is 0.333. The minimum absolute atomic E-state index is 0.601. The second-order valence-corrected chi connectivity index (χ2v) is 6.32. The van der Waals surface area contributed by atoms with Gasteiger partial charge in [-0.15, -0.1) is 0 Å². The van der Waals surface area contributed by atoms with Crippen LogP contribution in [0.2, 0.25) is 0 Å². The van der Waals surface area contributed by atoms with Crippen LogP contribution in [0.5, 0.6) is 0 Å². The predicted molar refractivity (Wildman–Crippen MR) is 61.0 cm³/mol. The third-order valence-electron chi connectivity index (χ3n) is 2.87. The number of nitrogens with one attached hydrogen (secondary N) is 1. The Hall–Kier alpha value is -0.561. The monoisotopic (exact) mass is 251 g/mol. The maximum atomic E-state index is 3.46. The van der Waals surface area contributed by atoms with Crippen LogP contribution >= 0.6 is 0 Å². The molecular weight excluding hydrogens is 237 g/mol. The van der Waals surface area contributed by atoms with Crippen LogP contribution in [0.15, 0.2) is 18.2 Å². The molecule has 1 aromatic heterocycles. The summed E-state index contributed by atoms with van der Waals surface area (Å²) in [4.78, 5) is 0. The molecule has 2 aromatic rings. The summed E-state index contributed by atoms with van der Waals surface area (Å²) in [7, 11) is 0. The van der Waals surface area contributed by atoms with E-state index in [9.17, 15) is 0 Å². The van der Waals surface area contributed by atoms with Crippen LogP contribution in [-0.4, -0.2) is 21.0 Å². The van der Waals surface area contributed by atoms with Crippen molar-refractivity contribution in [2.75, 3.05) is 6.54 Å². The van der Waals surface area contributed by atoms with Gasteiger partial charge in [0, 0.05) is 0 Å². The first-order valence-corrected chi connectivity index (χ1v) is 6.77. The number of hydrogen-bond donors (Lipinski definition) is 1. The van der Waals surface area contributed by atoms with Crippen molar-refractivity contribution in [2.24, 2.45) is 0 Å². The Kier molecular flexibility index (Phi) is 2.01. The minimum atomic E-state index is 0.601. The Balaban J connectivity index is 2.31. The van der Waals surface area contributed by atoms with Gasteiger partial charge >= 0.3 is 89.7 Å². The molecule has 0 saturated heterocycles. The Labute approximate surface area is 89.9 Å². The van der Waals surface area contributed by atoms with E-state index in [0.29, 0.717) is 14.5 Å². The molecule has 0 saturated carbocycles. The Morgan fingerprint density at radius 2 is 2.29 bits per heavy atom. The molecule has 0 unspecified atom stereocenters. The molecule has 1 N–H and O–H groups in total. The van der Waals surface area contributed by atoms with Crippen molar-refractivity contribution < 1.29 is 0 Å². The molecule has 14 heavy (non-hydrogen) atoms. The number of aryl methyl sites for hydroxylation is 1. The van der Waals surface area contributed by atoms with E-state index in [-0.39, 0.29) is 0 Å². The van der Waals surface area contributed by atoms with Gasteiger partial charge in [0.05, 0.1) is 0 Å². The molecule has 0 radical (unpaired) electrons. The van der Waals surface area contributed by atoms with E-state index in [0.717, 1.165) is 13.1 Å². The van der Waals surface area contributed by atoms with Crippen molar-refractivity contribution in [1.29, 1.82) is 0 Å². The van der Waals surface area contributed by atoms with E-state index < -0.39 is 0 Å². The fourth-order valence-electron chi connectivity index (χ4n) is 2.14. The Bertz CT molecular complexity index is 484. The van der Waals surface area contributed by atoms with Crippen molar-refractivity contribution in [3.8, 4) is 0 Å². The summed E-state index contributed by atoms with van der Waals surface area (Å²) in [5.41, 5.74) is 3.05. The Morgan fingerprint density at radius 3 is 3.21 bits per heavy atom. The van der Waals surface area contributed by atoms with E-state index in [2.05, 4.69) is 30.4 Å². The molecule has 1 aliphatic heterocycles. The van der Waals surface area contributed by atoms with Gasteiger partial charge in [0.15, 0.2) is 0 Å². The third kappa shape index (κ3) is 1.26. The fourth-order valence-corrected chi connectivity index (χ4v) is 4.91. The maximum absolute atomic E-state index is 3.46. The average molecular weight is 250 g/mol. The molecule has 0 bridgehead atoms. The van der Waals surface area contributed by atoms with Crippen molar-refractivity contribution in [1.82, 2.24) is 5.32 Å². The normalized spacial score (nSPS) is 15.8. The molecule has 0 aliphatic carbocycles. The Morgan fingerprint density at radius 1 is 1.36 bits per heavy atom. The second-order valence-electron chi connectivity index (χ2n) is 3.93. The van der Waals surface area contributed by atoms with Crippen molar-refractivity contribution in [3.63, 3.8) is 0 Å². The van der Waals surface area contributed by atoms with Gasteiger partial charge in [-0.25, -0.2) is 0 Å². The van der Waals surface area contributed by atoms with Crippen LogP contribution in [0.25, 0.3) is 9.65 Å². The SMILES string of the molecule is Cc1ccc2c3c([se]c2c1)CNCC3. The zero-order valence-corrected chi connectivity index (χ0v) is 9.97. The number of rotatable bonds is 0. The standard InChI is InChI=1S/C12H13NSe/c1-8-2-3-9-10-4-5-13-7-12(10)14-11(9)6-8/h2-3,6,13H,4-5,7H2,1H3. The van der Waals surface area contributed by atoms with E-state index in [4.69, 9.17) is 0 Å². The molecule has 0 fully saturated rings. The number of fused-ring (bicyclic) bond motifs is 3. The van der Waals surface area contributed by atoms with E-state index in [1.54, 1.807) is 19.6 Å². The molecular formula is C12H13NSe. The summed E-state index contributed by atoms with van der Waals surface area (Å²) in [6.45, 7) is 4.47. The zero-order chi connectivity index (χ0) is 9.54. The van der Waals surface area contributed by atoms with Gasteiger partial charge in [0.1, 0.15) is 0 Å². The molecule has 0 atom stereocenters. The first-order chi connectivity index (χ1) is 6.84. The average Bonchev–Trinajstić information content (AvgIpc) is 2.54. The van der Waals surface area contributed by atoms with Crippen LogP contribution in [0.1, 0.15) is 15.6 Å². The first kappa shape index (κ1) is 8.72. The summed E-state index contributed by atoms with van der Waals surface area (Å²) in [5.74, 6) is 0. The zero-order valence-electron chi connectivity index (χ0n) is 8.26. The molecule has 72 valence electrons. The van der Waals surface area contributed by atoms with Gasteiger partial charge < -0.3 is 0 Å². The quantitative estimate of drug-likeness (QED) is 0.704. The van der Waals surface area contributed by atoms with E-state index in [1.165, 1.54) is 12.0 Å². The van der Waals surface area contributed by atoms with E-state index in [1.807, 2.05) is 0 Å². The van der Waals surface area contributed by atoms with Gasteiger partial charge in [-0.2, -0.15) is 0 Å². The molecule has 3 rings (SSSR count). The van der Waals surface area contributed by atoms with Crippen LogP contribution < -0.4 is 5.32 Å². The van der Waals surface area contributed by atoms with Crippen LogP contribution in [0, 0.1) is 6.92 Å². The summed E-state index contributed by atoms with van der Waals surface area (Å²) in [6, 6.07) is 6.93. The number of hydrogen-bond acceptors (Lipinski definition) is 1. The van der Waals surface area contributed by atoms with Crippen molar-refractivity contribution in [3.05, 3.63) is 33.8 Å². The first-order valence-electron chi connectivity index (χ1n) is 5.06. The molecule has 2 heteroatoms. The van der Waals surface area contributed by atoms with Gasteiger partial charge in [-0.05, 0) is 0 Å². The molecule has 1 nitrogen and oxygen atoms in total.